The molecule has 2 aliphatic heterocycles. The van der Waals surface area contributed by atoms with Crippen molar-refractivity contribution in [3.8, 4) is 5.75 Å². The van der Waals surface area contributed by atoms with Crippen LogP contribution in [-0.4, -0.2) is 29.7 Å². The monoisotopic (exact) mass is 485 g/mol. The number of hydrogen-bond acceptors (Lipinski definition) is 5. The van der Waals surface area contributed by atoms with Gasteiger partial charge in [0.1, 0.15) is 23.2 Å². The number of ketones is 1. The summed E-state index contributed by atoms with van der Waals surface area (Å²) in [5, 5.41) is 0. The van der Waals surface area contributed by atoms with Crippen LogP contribution in [0.4, 0.5) is 0 Å². The van der Waals surface area contributed by atoms with Crippen LogP contribution in [0.5, 0.6) is 5.75 Å². The van der Waals surface area contributed by atoms with Crippen molar-refractivity contribution in [1.29, 1.82) is 0 Å². The van der Waals surface area contributed by atoms with E-state index in [1.54, 1.807) is 18.7 Å². The molecule has 2 fully saturated rings. The SMILES string of the molecule is CC[C@H](C)C[C@@H](C)C=C(C)[C@H]1O[C@@H](c2c3c(cn(C)c2=O)[C@]2(OC)CCC(=O)C[C@@H]2O3)CC[C@@H]1C. The van der Waals surface area contributed by atoms with Crippen LogP contribution in [0.15, 0.2) is 22.6 Å². The Hall–Kier alpha value is -1.92. The molecule has 4 rings (SSSR count). The Morgan fingerprint density at radius 3 is 2.74 bits per heavy atom. The summed E-state index contributed by atoms with van der Waals surface area (Å²) in [6, 6.07) is 0. The molecule has 0 amide bonds. The molecule has 35 heavy (non-hydrogen) atoms. The quantitative estimate of drug-likeness (QED) is 0.469. The van der Waals surface area contributed by atoms with Crippen LogP contribution in [-0.2, 0) is 26.9 Å². The van der Waals surface area contributed by atoms with Gasteiger partial charge in [-0.3, -0.25) is 9.59 Å². The van der Waals surface area contributed by atoms with E-state index in [4.69, 9.17) is 14.2 Å². The smallest absolute Gasteiger partial charge is 0.259 e. The Labute approximate surface area is 210 Å². The number of aryl methyl sites for hydroxylation is 1. The molecular weight excluding hydrogens is 442 g/mol. The summed E-state index contributed by atoms with van der Waals surface area (Å²) in [5.74, 6) is 2.33. The summed E-state index contributed by atoms with van der Waals surface area (Å²) in [6.45, 7) is 11.2. The number of rotatable bonds is 7. The number of ether oxygens (including phenoxy) is 3. The highest BCUT2D eigenvalue weighted by Crippen LogP contribution is 2.52. The largest absolute Gasteiger partial charge is 0.486 e. The molecule has 0 aromatic carbocycles. The third-order valence-electron chi connectivity index (χ3n) is 8.65. The number of hydrogen-bond donors (Lipinski definition) is 0. The average Bonchev–Trinajstić information content (AvgIpc) is 3.13. The zero-order valence-electron chi connectivity index (χ0n) is 22.6. The maximum atomic E-state index is 13.5. The summed E-state index contributed by atoms with van der Waals surface area (Å²) in [6.07, 6.45) is 8.86. The molecule has 3 heterocycles. The average molecular weight is 486 g/mol. The first kappa shape index (κ1) is 26.2. The minimum atomic E-state index is -0.688. The highest BCUT2D eigenvalue weighted by atomic mass is 16.6. The van der Waals surface area contributed by atoms with E-state index >= 15 is 0 Å². The third-order valence-corrected chi connectivity index (χ3v) is 8.65. The second-order valence-electron chi connectivity index (χ2n) is 11.4. The summed E-state index contributed by atoms with van der Waals surface area (Å²) in [5.41, 5.74) is 1.93. The van der Waals surface area contributed by atoms with Crippen molar-refractivity contribution in [2.24, 2.45) is 24.8 Å². The lowest BCUT2D eigenvalue weighted by atomic mass is 9.78. The van der Waals surface area contributed by atoms with Crippen molar-refractivity contribution in [1.82, 2.24) is 4.57 Å². The molecule has 6 nitrogen and oxygen atoms in total. The van der Waals surface area contributed by atoms with Crippen molar-refractivity contribution in [3.63, 3.8) is 0 Å². The van der Waals surface area contributed by atoms with Crippen molar-refractivity contribution in [2.45, 2.75) is 103 Å². The van der Waals surface area contributed by atoms with E-state index in [1.165, 1.54) is 12.0 Å². The number of pyridine rings is 1. The Bertz CT molecular complexity index is 1040. The van der Waals surface area contributed by atoms with Crippen molar-refractivity contribution in [2.75, 3.05) is 7.11 Å². The maximum Gasteiger partial charge on any atom is 0.259 e. The molecule has 1 saturated heterocycles. The number of aromatic nitrogens is 1. The fourth-order valence-electron chi connectivity index (χ4n) is 6.47. The summed E-state index contributed by atoms with van der Waals surface area (Å²) >= 11 is 0. The van der Waals surface area contributed by atoms with Crippen LogP contribution in [0.25, 0.3) is 0 Å². The fourth-order valence-corrected chi connectivity index (χ4v) is 6.47. The maximum absolute atomic E-state index is 13.5. The Morgan fingerprint density at radius 2 is 2.06 bits per heavy atom. The van der Waals surface area contributed by atoms with E-state index in [9.17, 15) is 9.59 Å². The predicted molar refractivity (Wildman–Crippen MR) is 137 cm³/mol. The van der Waals surface area contributed by atoms with Gasteiger partial charge in [0.05, 0.1) is 17.8 Å². The molecule has 7 atom stereocenters. The molecule has 0 N–H and O–H groups in total. The molecule has 1 saturated carbocycles. The van der Waals surface area contributed by atoms with Crippen LogP contribution in [0.1, 0.15) is 96.8 Å². The summed E-state index contributed by atoms with van der Waals surface area (Å²) in [7, 11) is 3.46. The van der Waals surface area contributed by atoms with E-state index in [0.717, 1.165) is 24.8 Å². The Morgan fingerprint density at radius 1 is 1.31 bits per heavy atom. The van der Waals surface area contributed by atoms with E-state index < -0.39 is 11.7 Å². The minimum Gasteiger partial charge on any atom is -0.486 e. The van der Waals surface area contributed by atoms with E-state index in [1.807, 2.05) is 6.20 Å². The predicted octanol–water partition coefficient (Wildman–Crippen LogP) is 5.62. The molecule has 194 valence electrons. The summed E-state index contributed by atoms with van der Waals surface area (Å²) in [4.78, 5) is 25.7. The molecule has 1 aliphatic carbocycles. The first-order valence-electron chi connectivity index (χ1n) is 13.4. The van der Waals surface area contributed by atoms with Crippen LogP contribution >= 0.6 is 0 Å². The van der Waals surface area contributed by atoms with Gasteiger partial charge >= 0.3 is 0 Å². The van der Waals surface area contributed by atoms with Gasteiger partial charge in [-0.25, -0.2) is 0 Å². The van der Waals surface area contributed by atoms with Gasteiger partial charge in [-0.2, -0.15) is 0 Å². The topological polar surface area (TPSA) is 66.8 Å². The van der Waals surface area contributed by atoms with Gasteiger partial charge in [-0.1, -0.05) is 40.2 Å². The van der Waals surface area contributed by atoms with Crippen molar-refractivity contribution < 1.29 is 19.0 Å². The second-order valence-corrected chi connectivity index (χ2v) is 11.4. The molecule has 0 unspecified atom stereocenters. The lowest BCUT2D eigenvalue weighted by Gasteiger charge is -2.36. The minimum absolute atomic E-state index is 0.0321. The normalized spacial score (nSPS) is 32.5. The highest BCUT2D eigenvalue weighted by Gasteiger charge is 2.54. The second kappa shape index (κ2) is 10.2. The first-order chi connectivity index (χ1) is 16.6. The number of nitrogens with zero attached hydrogens (tertiary/aromatic N) is 1. The van der Waals surface area contributed by atoms with Crippen LogP contribution in [0, 0.1) is 17.8 Å². The lowest BCUT2D eigenvalue weighted by molar-refractivity contribution is -0.139. The zero-order chi connectivity index (χ0) is 25.5. The molecule has 0 radical (unpaired) electrons. The number of Topliss-reactive ketones (excluding diaryl/α,β-unsaturated/α-hetero) is 1. The molecule has 6 heteroatoms. The van der Waals surface area contributed by atoms with Gasteiger partial charge in [0.2, 0.25) is 0 Å². The van der Waals surface area contributed by atoms with Crippen LogP contribution in [0.2, 0.25) is 0 Å². The van der Waals surface area contributed by atoms with Crippen molar-refractivity contribution >= 4 is 5.78 Å². The molecular formula is C29H43NO5. The van der Waals surface area contributed by atoms with Gasteiger partial charge < -0.3 is 18.8 Å². The van der Waals surface area contributed by atoms with Gasteiger partial charge in [0.25, 0.3) is 5.56 Å². The van der Waals surface area contributed by atoms with Gasteiger partial charge in [-0.05, 0) is 55.9 Å². The van der Waals surface area contributed by atoms with Gasteiger partial charge in [-0.15, -0.1) is 0 Å². The Balaban J connectivity index is 1.67. The zero-order valence-corrected chi connectivity index (χ0v) is 22.6. The third kappa shape index (κ3) is 4.76. The van der Waals surface area contributed by atoms with E-state index in [-0.39, 0.29) is 23.6 Å². The molecule has 0 bridgehead atoms. The van der Waals surface area contributed by atoms with Gasteiger partial charge in [0, 0.05) is 38.8 Å². The number of carbonyl (C=O) groups excluding carboxylic acids is 1. The van der Waals surface area contributed by atoms with Crippen LogP contribution < -0.4 is 10.3 Å². The number of fused-ring (bicyclic) bond motifs is 3. The van der Waals surface area contributed by atoms with Crippen LogP contribution in [0.3, 0.4) is 0 Å². The highest BCUT2D eigenvalue weighted by molar-refractivity contribution is 5.81. The van der Waals surface area contributed by atoms with E-state index in [0.29, 0.717) is 48.3 Å². The Kier molecular flexibility index (Phi) is 7.63. The molecule has 3 aliphatic rings. The number of carbonyl (C=O) groups is 1. The number of allylic oxidation sites excluding steroid dienone is 1. The van der Waals surface area contributed by atoms with Gasteiger partial charge in [0.15, 0.2) is 0 Å². The molecule has 1 aromatic rings. The van der Waals surface area contributed by atoms with E-state index in [2.05, 4.69) is 40.7 Å². The van der Waals surface area contributed by atoms with Crippen molar-refractivity contribution in [3.05, 3.63) is 39.3 Å². The molecule has 0 spiro atoms. The molecule has 1 aromatic heterocycles. The lowest BCUT2D eigenvalue weighted by Crippen LogP contribution is -2.45. The summed E-state index contributed by atoms with van der Waals surface area (Å²) < 4.78 is 20.8. The fraction of sp³-hybridized carbons (Fsp3) is 0.724. The first-order valence-corrected chi connectivity index (χ1v) is 13.4. The number of methoxy groups -OCH3 is 1. The standard InChI is InChI=1S/C29H43NO5/c1-8-17(2)13-18(3)14-20(5)26-19(4)9-10-23(34-26)25-27-22(16-30(6)28(25)32)29(33-7)12-11-21(31)15-24(29)35-27/h14,16-19,23-24,26H,8-13,15H2,1-7H3/t17-,18+,19-,23+,24-,26-,29+/m0/s1.